The van der Waals surface area contributed by atoms with Crippen LogP contribution in [0, 0.1) is 0 Å². The third-order valence-corrected chi connectivity index (χ3v) is 2.74. The molecule has 3 N–H and O–H groups in total. The topological polar surface area (TPSA) is 46.2 Å². The van der Waals surface area contributed by atoms with Gasteiger partial charge in [0.25, 0.3) is 0 Å². The van der Waals surface area contributed by atoms with E-state index in [1.807, 2.05) is 30.3 Å². The van der Waals surface area contributed by atoms with Crippen molar-refractivity contribution in [1.82, 2.24) is 0 Å². The summed E-state index contributed by atoms with van der Waals surface area (Å²) >= 11 is 0. The van der Waals surface area contributed by atoms with Gasteiger partial charge in [0.15, 0.2) is 0 Å². The Morgan fingerprint density at radius 1 is 1.25 bits per heavy atom. The van der Waals surface area contributed by atoms with Crippen LogP contribution in [0.2, 0.25) is 0 Å². The summed E-state index contributed by atoms with van der Waals surface area (Å²) < 4.78 is 0. The fourth-order valence-corrected chi connectivity index (χ4v) is 1.97. The van der Waals surface area contributed by atoms with E-state index in [9.17, 15) is 5.11 Å². The lowest BCUT2D eigenvalue weighted by Gasteiger charge is -2.14. The van der Waals surface area contributed by atoms with Crippen LogP contribution in [-0.2, 0) is 0 Å². The van der Waals surface area contributed by atoms with Crippen LogP contribution < -0.4 is 5.73 Å². The number of nitrogens with two attached hydrogens (primary N) is 1. The molecule has 0 aliphatic carbocycles. The number of hydrogen-bond acceptors (Lipinski definition) is 2. The minimum absolute atomic E-state index is 0.205. The van der Waals surface area contributed by atoms with E-state index in [-0.39, 0.29) is 11.8 Å². The molecule has 16 heavy (non-hydrogen) atoms. The number of aromatic hydroxyl groups is 1. The molecule has 2 rings (SSSR count). The van der Waals surface area contributed by atoms with Gasteiger partial charge in [0.05, 0.1) is 0 Å². The molecule has 2 heteroatoms. The van der Waals surface area contributed by atoms with Crippen LogP contribution in [0.15, 0.2) is 49.1 Å². The Hall–Kier alpha value is -1.80. The summed E-state index contributed by atoms with van der Waals surface area (Å²) in [6.45, 7) is 3.67. The van der Waals surface area contributed by atoms with Crippen LogP contribution in [0.3, 0.4) is 0 Å². The first kappa shape index (κ1) is 10.7. The zero-order valence-corrected chi connectivity index (χ0v) is 9.06. The van der Waals surface area contributed by atoms with E-state index in [1.54, 1.807) is 12.1 Å². The van der Waals surface area contributed by atoms with Gasteiger partial charge in [-0.15, -0.1) is 6.58 Å². The van der Waals surface area contributed by atoms with Gasteiger partial charge >= 0.3 is 0 Å². The van der Waals surface area contributed by atoms with Gasteiger partial charge in [0, 0.05) is 11.6 Å². The van der Waals surface area contributed by atoms with Crippen LogP contribution in [-0.4, -0.2) is 5.11 Å². The summed E-state index contributed by atoms with van der Waals surface area (Å²) in [5.74, 6) is 0.257. The number of rotatable bonds is 3. The number of phenolic OH excluding ortho intramolecular Hbond substituents is 1. The molecule has 0 amide bonds. The zero-order valence-electron chi connectivity index (χ0n) is 9.06. The molecule has 0 aliphatic heterocycles. The van der Waals surface area contributed by atoms with Crippen LogP contribution >= 0.6 is 0 Å². The molecule has 0 spiro atoms. The average molecular weight is 213 g/mol. The van der Waals surface area contributed by atoms with E-state index in [0.29, 0.717) is 6.42 Å². The summed E-state index contributed by atoms with van der Waals surface area (Å²) in [6.07, 6.45) is 2.42. The molecular formula is C14H15NO. The molecular weight excluding hydrogens is 198 g/mol. The summed E-state index contributed by atoms with van der Waals surface area (Å²) in [6, 6.07) is 11.3. The molecule has 0 aromatic heterocycles. The van der Waals surface area contributed by atoms with Gasteiger partial charge < -0.3 is 10.8 Å². The maximum atomic E-state index is 9.89. The Bertz CT molecular complexity index is 519. The molecule has 82 valence electrons. The van der Waals surface area contributed by atoms with Gasteiger partial charge in [-0.2, -0.15) is 0 Å². The molecule has 0 aliphatic rings. The second kappa shape index (κ2) is 4.37. The zero-order chi connectivity index (χ0) is 11.5. The Balaban J connectivity index is 2.65. The van der Waals surface area contributed by atoms with Gasteiger partial charge in [0.1, 0.15) is 5.75 Å². The number of phenols is 1. The van der Waals surface area contributed by atoms with Crippen molar-refractivity contribution >= 4 is 10.8 Å². The smallest absolute Gasteiger partial charge is 0.120 e. The lowest BCUT2D eigenvalue weighted by molar-refractivity contribution is 0.463. The highest BCUT2D eigenvalue weighted by Gasteiger charge is 2.12. The molecule has 0 saturated carbocycles. The molecule has 0 saturated heterocycles. The van der Waals surface area contributed by atoms with E-state index < -0.39 is 0 Å². The highest BCUT2D eigenvalue weighted by Crippen LogP contribution is 2.32. The molecule has 0 bridgehead atoms. The third kappa shape index (κ3) is 1.79. The Morgan fingerprint density at radius 2 is 2.00 bits per heavy atom. The van der Waals surface area contributed by atoms with Crippen molar-refractivity contribution in [2.45, 2.75) is 12.5 Å². The first-order valence-corrected chi connectivity index (χ1v) is 5.31. The maximum Gasteiger partial charge on any atom is 0.120 e. The van der Waals surface area contributed by atoms with Crippen molar-refractivity contribution in [3.8, 4) is 5.75 Å². The van der Waals surface area contributed by atoms with E-state index in [0.717, 1.165) is 16.3 Å². The quantitative estimate of drug-likeness (QED) is 0.769. The number of hydrogen-bond donors (Lipinski definition) is 2. The largest absolute Gasteiger partial charge is 0.508 e. The van der Waals surface area contributed by atoms with Crippen molar-refractivity contribution in [2.24, 2.45) is 5.73 Å². The van der Waals surface area contributed by atoms with Gasteiger partial charge in [-0.1, -0.05) is 36.4 Å². The summed E-state index contributed by atoms with van der Waals surface area (Å²) in [5.41, 5.74) is 6.84. The Kier molecular flexibility index (Phi) is 2.93. The van der Waals surface area contributed by atoms with E-state index in [1.165, 1.54) is 0 Å². The normalized spacial score (nSPS) is 12.6. The molecule has 2 aromatic carbocycles. The number of benzene rings is 2. The van der Waals surface area contributed by atoms with Crippen LogP contribution in [0.25, 0.3) is 10.8 Å². The van der Waals surface area contributed by atoms with Crippen LogP contribution in [0.1, 0.15) is 18.0 Å². The lowest BCUT2D eigenvalue weighted by atomic mass is 9.96. The van der Waals surface area contributed by atoms with Gasteiger partial charge in [-0.3, -0.25) is 0 Å². The van der Waals surface area contributed by atoms with Crippen LogP contribution in [0.5, 0.6) is 5.75 Å². The van der Waals surface area contributed by atoms with Crippen molar-refractivity contribution in [3.63, 3.8) is 0 Å². The molecule has 2 aromatic rings. The second-order valence-corrected chi connectivity index (χ2v) is 3.85. The summed E-state index contributed by atoms with van der Waals surface area (Å²) in [5, 5.41) is 12.0. The fraction of sp³-hybridized carbons (Fsp3) is 0.143. The predicted molar refractivity (Wildman–Crippen MR) is 67.4 cm³/mol. The van der Waals surface area contributed by atoms with E-state index in [4.69, 9.17) is 5.73 Å². The first-order chi connectivity index (χ1) is 7.74. The van der Waals surface area contributed by atoms with Crippen molar-refractivity contribution in [1.29, 1.82) is 0 Å². The van der Waals surface area contributed by atoms with Crippen molar-refractivity contribution in [3.05, 3.63) is 54.6 Å². The summed E-state index contributed by atoms with van der Waals surface area (Å²) in [7, 11) is 0. The van der Waals surface area contributed by atoms with Crippen molar-refractivity contribution in [2.75, 3.05) is 0 Å². The monoisotopic (exact) mass is 213 g/mol. The minimum atomic E-state index is -0.205. The highest BCUT2D eigenvalue weighted by atomic mass is 16.3. The third-order valence-electron chi connectivity index (χ3n) is 2.74. The first-order valence-electron chi connectivity index (χ1n) is 5.31. The fourth-order valence-electron chi connectivity index (χ4n) is 1.97. The van der Waals surface area contributed by atoms with Gasteiger partial charge in [-0.25, -0.2) is 0 Å². The number of fused-ring (bicyclic) bond motifs is 1. The Labute approximate surface area is 95.0 Å². The maximum absolute atomic E-state index is 9.89. The highest BCUT2D eigenvalue weighted by molar-refractivity contribution is 5.88. The van der Waals surface area contributed by atoms with E-state index >= 15 is 0 Å². The van der Waals surface area contributed by atoms with Crippen LogP contribution in [0.4, 0.5) is 0 Å². The van der Waals surface area contributed by atoms with Gasteiger partial charge in [0.2, 0.25) is 0 Å². The molecule has 0 unspecified atom stereocenters. The summed E-state index contributed by atoms with van der Waals surface area (Å²) in [4.78, 5) is 0. The average Bonchev–Trinajstić information content (AvgIpc) is 2.29. The predicted octanol–water partition coefficient (Wildman–Crippen LogP) is 3.12. The Morgan fingerprint density at radius 3 is 2.75 bits per heavy atom. The molecule has 1 atom stereocenters. The molecule has 0 heterocycles. The standard InChI is InChI=1S/C14H15NO/c1-2-5-12(15)14-11-7-4-3-6-10(11)8-9-13(14)16/h2-4,6-9,12,16H,1,5,15H2/t12-/m1/s1. The second-order valence-electron chi connectivity index (χ2n) is 3.85. The van der Waals surface area contributed by atoms with Gasteiger partial charge in [-0.05, 0) is 23.3 Å². The molecule has 2 nitrogen and oxygen atoms in total. The minimum Gasteiger partial charge on any atom is -0.508 e. The lowest BCUT2D eigenvalue weighted by Crippen LogP contribution is -2.09. The molecule has 0 fully saturated rings. The van der Waals surface area contributed by atoms with Crippen molar-refractivity contribution < 1.29 is 5.11 Å². The SMILES string of the molecule is C=CC[C@@H](N)c1c(O)ccc2ccccc12. The van der Waals surface area contributed by atoms with E-state index in [2.05, 4.69) is 6.58 Å². The molecule has 0 radical (unpaired) electrons.